The number of carbonyl (C=O) groups excluding carboxylic acids is 4. The van der Waals surface area contributed by atoms with Gasteiger partial charge in [0.15, 0.2) is 12.4 Å². The molecule has 0 N–H and O–H groups in total. The minimum Gasteiger partial charge on any atom is -0.497 e. The Bertz CT molecular complexity index is 1240. The zero-order chi connectivity index (χ0) is 24.8. The van der Waals surface area contributed by atoms with E-state index in [4.69, 9.17) is 14.2 Å². The molecule has 0 aromatic heterocycles. The minimum absolute atomic E-state index is 0.00567. The number of ether oxygens (including phenoxy) is 3. The van der Waals surface area contributed by atoms with Gasteiger partial charge in [0.05, 0.1) is 18.6 Å². The van der Waals surface area contributed by atoms with E-state index in [1.165, 1.54) is 36.3 Å². The fraction of sp³-hybridized carbons (Fsp3) is 0.185. The summed E-state index contributed by atoms with van der Waals surface area (Å²) in [6.45, 7) is -0.285. The van der Waals surface area contributed by atoms with Gasteiger partial charge in [0.25, 0.3) is 0 Å². The zero-order valence-corrected chi connectivity index (χ0v) is 19.0. The van der Waals surface area contributed by atoms with Crippen LogP contribution in [0.3, 0.4) is 0 Å². The Morgan fingerprint density at radius 3 is 2.34 bits per heavy atom. The van der Waals surface area contributed by atoms with Crippen molar-refractivity contribution in [3.05, 3.63) is 90.0 Å². The van der Waals surface area contributed by atoms with Crippen LogP contribution in [0.5, 0.6) is 11.5 Å². The van der Waals surface area contributed by atoms with Gasteiger partial charge in [-0.1, -0.05) is 24.3 Å². The second-order valence-corrected chi connectivity index (χ2v) is 7.92. The van der Waals surface area contributed by atoms with Crippen molar-refractivity contribution in [2.45, 2.75) is 6.42 Å². The van der Waals surface area contributed by atoms with E-state index in [9.17, 15) is 19.2 Å². The van der Waals surface area contributed by atoms with E-state index in [1.54, 1.807) is 54.6 Å². The third kappa shape index (κ3) is 5.73. The fourth-order valence-corrected chi connectivity index (χ4v) is 3.68. The second-order valence-electron chi connectivity index (χ2n) is 7.92. The van der Waals surface area contributed by atoms with Gasteiger partial charge in [0, 0.05) is 30.3 Å². The van der Waals surface area contributed by atoms with Crippen LogP contribution in [0.4, 0.5) is 5.69 Å². The number of carbonyl (C=O) groups is 4. The molecule has 1 atom stereocenters. The van der Waals surface area contributed by atoms with Crippen molar-refractivity contribution in [1.29, 1.82) is 0 Å². The Morgan fingerprint density at radius 2 is 1.63 bits per heavy atom. The number of hydrogen-bond acceptors (Lipinski definition) is 7. The molecule has 1 unspecified atom stereocenters. The number of ketones is 1. The number of anilines is 1. The molecule has 1 heterocycles. The molecule has 178 valence electrons. The topological polar surface area (TPSA) is 99.2 Å². The standard InChI is InChI=1S/C27H23NO7/c1-33-23-9-5-8-21(15-23)28-16-20(14-25(28)30)26(31)34-17-24(29)18-10-12-22(13-11-18)35-27(32)19-6-3-2-4-7-19/h2-13,15,20H,14,16-17H2,1H3. The van der Waals surface area contributed by atoms with Crippen molar-refractivity contribution in [3.63, 3.8) is 0 Å². The summed E-state index contributed by atoms with van der Waals surface area (Å²) < 4.78 is 15.7. The van der Waals surface area contributed by atoms with Crippen molar-refractivity contribution in [2.24, 2.45) is 5.92 Å². The molecule has 0 bridgehead atoms. The lowest BCUT2D eigenvalue weighted by atomic mass is 10.1. The van der Waals surface area contributed by atoms with E-state index < -0.39 is 30.2 Å². The molecule has 1 amide bonds. The number of nitrogens with zero attached hydrogens (tertiary/aromatic N) is 1. The first kappa shape index (κ1) is 23.7. The summed E-state index contributed by atoms with van der Waals surface area (Å²) in [5.74, 6) is -1.50. The van der Waals surface area contributed by atoms with E-state index in [-0.39, 0.29) is 24.6 Å². The monoisotopic (exact) mass is 473 g/mol. The van der Waals surface area contributed by atoms with E-state index >= 15 is 0 Å². The van der Waals surface area contributed by atoms with Gasteiger partial charge in [0.1, 0.15) is 11.5 Å². The third-order valence-corrected chi connectivity index (χ3v) is 5.57. The number of amides is 1. The van der Waals surface area contributed by atoms with Gasteiger partial charge in [-0.3, -0.25) is 14.4 Å². The summed E-state index contributed by atoms with van der Waals surface area (Å²) in [4.78, 5) is 51.0. The van der Waals surface area contributed by atoms with Crippen LogP contribution < -0.4 is 14.4 Å². The first-order chi connectivity index (χ1) is 16.9. The SMILES string of the molecule is COc1cccc(N2CC(C(=O)OCC(=O)c3ccc(OC(=O)c4ccccc4)cc3)CC2=O)c1. The lowest BCUT2D eigenvalue weighted by molar-refractivity contribution is -0.147. The van der Waals surface area contributed by atoms with E-state index in [0.29, 0.717) is 22.6 Å². The van der Waals surface area contributed by atoms with Gasteiger partial charge in [-0.2, -0.15) is 0 Å². The van der Waals surface area contributed by atoms with Crippen molar-refractivity contribution in [3.8, 4) is 11.5 Å². The predicted molar refractivity (Wildman–Crippen MR) is 127 cm³/mol. The average molecular weight is 473 g/mol. The largest absolute Gasteiger partial charge is 0.497 e. The lowest BCUT2D eigenvalue weighted by Crippen LogP contribution is -2.27. The Balaban J connectivity index is 1.29. The summed E-state index contributed by atoms with van der Waals surface area (Å²) in [5.41, 5.74) is 1.35. The van der Waals surface area contributed by atoms with Gasteiger partial charge in [-0.15, -0.1) is 0 Å². The molecule has 3 aromatic rings. The summed E-state index contributed by atoms with van der Waals surface area (Å²) >= 11 is 0. The van der Waals surface area contributed by atoms with Crippen LogP contribution in [-0.4, -0.2) is 43.9 Å². The van der Waals surface area contributed by atoms with Crippen molar-refractivity contribution in [2.75, 3.05) is 25.2 Å². The summed E-state index contributed by atoms with van der Waals surface area (Å²) in [5, 5.41) is 0. The maximum Gasteiger partial charge on any atom is 0.343 e. The molecule has 0 aliphatic carbocycles. The summed E-state index contributed by atoms with van der Waals surface area (Å²) in [7, 11) is 1.53. The Morgan fingerprint density at radius 1 is 0.886 bits per heavy atom. The summed E-state index contributed by atoms with van der Waals surface area (Å²) in [6.07, 6.45) is 0.00567. The first-order valence-corrected chi connectivity index (χ1v) is 11.0. The Labute approximate surface area is 202 Å². The van der Waals surface area contributed by atoms with Crippen LogP contribution in [0.25, 0.3) is 0 Å². The van der Waals surface area contributed by atoms with Gasteiger partial charge in [0.2, 0.25) is 5.91 Å². The van der Waals surface area contributed by atoms with Gasteiger partial charge in [-0.25, -0.2) is 4.79 Å². The molecule has 1 saturated heterocycles. The number of esters is 2. The highest BCUT2D eigenvalue weighted by molar-refractivity contribution is 6.01. The number of benzene rings is 3. The van der Waals surface area contributed by atoms with Crippen LogP contribution in [0.1, 0.15) is 27.1 Å². The number of methoxy groups -OCH3 is 1. The maximum atomic E-state index is 12.5. The number of hydrogen-bond donors (Lipinski definition) is 0. The fourth-order valence-electron chi connectivity index (χ4n) is 3.68. The number of Topliss-reactive ketones (excluding diaryl/α,β-unsaturated/α-hetero) is 1. The van der Waals surface area contributed by atoms with E-state index in [0.717, 1.165) is 0 Å². The zero-order valence-electron chi connectivity index (χ0n) is 19.0. The van der Waals surface area contributed by atoms with Crippen LogP contribution in [-0.2, 0) is 14.3 Å². The number of rotatable bonds is 8. The van der Waals surface area contributed by atoms with Crippen LogP contribution in [0, 0.1) is 5.92 Å². The maximum absolute atomic E-state index is 12.5. The van der Waals surface area contributed by atoms with Crippen molar-refractivity contribution < 1.29 is 33.4 Å². The second kappa shape index (κ2) is 10.6. The Hall–Kier alpha value is -4.46. The first-order valence-electron chi connectivity index (χ1n) is 11.0. The van der Waals surface area contributed by atoms with E-state index in [2.05, 4.69) is 0 Å². The molecule has 0 spiro atoms. The van der Waals surface area contributed by atoms with Gasteiger partial charge < -0.3 is 19.1 Å². The van der Waals surface area contributed by atoms with Crippen LogP contribution in [0.2, 0.25) is 0 Å². The highest BCUT2D eigenvalue weighted by atomic mass is 16.5. The highest BCUT2D eigenvalue weighted by Gasteiger charge is 2.36. The van der Waals surface area contributed by atoms with Crippen molar-refractivity contribution in [1.82, 2.24) is 0 Å². The molecule has 8 heteroatoms. The van der Waals surface area contributed by atoms with Crippen LogP contribution in [0.15, 0.2) is 78.9 Å². The Kier molecular flexibility index (Phi) is 7.21. The molecule has 0 saturated carbocycles. The highest BCUT2D eigenvalue weighted by Crippen LogP contribution is 2.28. The molecule has 8 nitrogen and oxygen atoms in total. The molecule has 1 fully saturated rings. The molecular weight excluding hydrogens is 450 g/mol. The summed E-state index contributed by atoms with van der Waals surface area (Å²) in [6, 6.07) is 21.5. The van der Waals surface area contributed by atoms with Gasteiger partial charge in [-0.05, 0) is 48.5 Å². The smallest absolute Gasteiger partial charge is 0.343 e. The third-order valence-electron chi connectivity index (χ3n) is 5.57. The molecule has 1 aliphatic heterocycles. The molecule has 0 radical (unpaired) electrons. The molecule has 4 rings (SSSR count). The molecule has 35 heavy (non-hydrogen) atoms. The van der Waals surface area contributed by atoms with Gasteiger partial charge >= 0.3 is 11.9 Å². The van der Waals surface area contributed by atoms with E-state index in [1.807, 2.05) is 0 Å². The molecular formula is C27H23NO7. The quantitative estimate of drug-likeness (QED) is 0.279. The lowest BCUT2D eigenvalue weighted by Gasteiger charge is -2.17. The average Bonchev–Trinajstić information content (AvgIpc) is 3.29. The minimum atomic E-state index is -0.665. The molecule has 3 aromatic carbocycles. The predicted octanol–water partition coefficient (Wildman–Crippen LogP) is 3.69. The van der Waals surface area contributed by atoms with Crippen LogP contribution >= 0.6 is 0 Å². The van der Waals surface area contributed by atoms with Crippen molar-refractivity contribution >= 4 is 29.3 Å². The molecule has 1 aliphatic rings. The normalized spacial score (nSPS) is 14.9.